The minimum Gasteiger partial charge on any atom is -0.306 e. The first-order valence-corrected chi connectivity index (χ1v) is 5.99. The van der Waals surface area contributed by atoms with Crippen molar-refractivity contribution in [2.24, 2.45) is 0 Å². The summed E-state index contributed by atoms with van der Waals surface area (Å²) in [5.74, 6) is -1.52. The lowest BCUT2D eigenvalue weighted by Crippen LogP contribution is -2.19. The van der Waals surface area contributed by atoms with Crippen LogP contribution >= 0.6 is 0 Å². The fraction of sp³-hybridized carbons (Fsp3) is 0.200. The highest BCUT2D eigenvalue weighted by atomic mass is 19.1. The highest BCUT2D eigenvalue weighted by Gasteiger charge is 2.11. The lowest BCUT2D eigenvalue weighted by atomic mass is 10.1. The van der Waals surface area contributed by atoms with Crippen molar-refractivity contribution in [3.63, 3.8) is 0 Å². The first kappa shape index (κ1) is 13.6. The van der Waals surface area contributed by atoms with Gasteiger partial charge in [0.25, 0.3) is 0 Å². The van der Waals surface area contributed by atoms with Gasteiger partial charge in [-0.2, -0.15) is 0 Å². The predicted octanol–water partition coefficient (Wildman–Crippen LogP) is 3.95. The van der Waals surface area contributed by atoms with Crippen LogP contribution in [0.2, 0.25) is 0 Å². The van der Waals surface area contributed by atoms with E-state index in [0.717, 1.165) is 6.07 Å². The minimum absolute atomic E-state index is 0.210. The Hall–Kier alpha value is -1.81. The van der Waals surface area contributed by atoms with Gasteiger partial charge in [-0.25, -0.2) is 13.2 Å². The molecule has 0 heterocycles. The maximum absolute atomic E-state index is 13.5. The summed E-state index contributed by atoms with van der Waals surface area (Å²) in [5, 5.41) is 3.01. The summed E-state index contributed by atoms with van der Waals surface area (Å²) in [4.78, 5) is 0. The van der Waals surface area contributed by atoms with Crippen LogP contribution in [0.1, 0.15) is 24.1 Å². The molecule has 0 saturated heterocycles. The number of nitrogens with one attached hydrogen (secondary N) is 1. The number of benzene rings is 2. The second-order valence-electron chi connectivity index (χ2n) is 4.36. The van der Waals surface area contributed by atoms with Gasteiger partial charge in [0.05, 0.1) is 0 Å². The summed E-state index contributed by atoms with van der Waals surface area (Å²) in [6, 6.07) is 9.58. The van der Waals surface area contributed by atoms with E-state index in [0.29, 0.717) is 11.1 Å². The van der Waals surface area contributed by atoms with Crippen LogP contribution in [-0.2, 0) is 6.54 Å². The van der Waals surface area contributed by atoms with E-state index in [9.17, 15) is 13.2 Å². The van der Waals surface area contributed by atoms with E-state index in [2.05, 4.69) is 5.32 Å². The summed E-state index contributed by atoms with van der Waals surface area (Å²) in [6.45, 7) is 2.00. The van der Waals surface area contributed by atoms with Crippen molar-refractivity contribution in [1.82, 2.24) is 5.32 Å². The Morgan fingerprint density at radius 1 is 1.00 bits per heavy atom. The van der Waals surface area contributed by atoms with Crippen molar-refractivity contribution >= 4 is 0 Å². The van der Waals surface area contributed by atoms with E-state index < -0.39 is 11.6 Å². The number of hydrogen-bond acceptors (Lipinski definition) is 1. The van der Waals surface area contributed by atoms with Crippen molar-refractivity contribution in [3.8, 4) is 0 Å². The number of hydrogen-bond donors (Lipinski definition) is 1. The van der Waals surface area contributed by atoms with E-state index >= 15 is 0 Å². The molecule has 0 saturated carbocycles. The van der Waals surface area contributed by atoms with Crippen LogP contribution in [0.25, 0.3) is 0 Å². The normalized spacial score (nSPS) is 12.4. The zero-order chi connectivity index (χ0) is 13.8. The molecule has 2 aromatic carbocycles. The molecule has 0 aromatic heterocycles. The van der Waals surface area contributed by atoms with Gasteiger partial charge in [0, 0.05) is 29.8 Å². The van der Waals surface area contributed by atoms with Crippen LogP contribution in [0.3, 0.4) is 0 Å². The number of halogens is 3. The molecular formula is C15H14F3N. The second-order valence-corrected chi connectivity index (χ2v) is 4.36. The van der Waals surface area contributed by atoms with Crippen LogP contribution in [0.15, 0.2) is 42.5 Å². The Labute approximate surface area is 110 Å². The SMILES string of the molecule is C[C@@H](NCc1ccc(F)cc1F)c1ccccc1F. The molecule has 0 fully saturated rings. The van der Waals surface area contributed by atoms with Crippen LogP contribution in [0.4, 0.5) is 13.2 Å². The Balaban J connectivity index is 2.04. The first-order chi connectivity index (χ1) is 9.08. The average molecular weight is 265 g/mol. The summed E-state index contributed by atoms with van der Waals surface area (Å²) < 4.78 is 39.7. The molecule has 0 radical (unpaired) electrons. The van der Waals surface area contributed by atoms with Gasteiger partial charge in [0.15, 0.2) is 0 Å². The van der Waals surface area contributed by atoms with Gasteiger partial charge in [-0.3, -0.25) is 0 Å². The molecular weight excluding hydrogens is 251 g/mol. The van der Waals surface area contributed by atoms with Crippen molar-refractivity contribution in [1.29, 1.82) is 0 Å². The Morgan fingerprint density at radius 3 is 2.42 bits per heavy atom. The third-order valence-electron chi connectivity index (χ3n) is 2.99. The van der Waals surface area contributed by atoms with E-state index in [1.54, 1.807) is 25.1 Å². The zero-order valence-corrected chi connectivity index (χ0v) is 10.5. The molecule has 0 spiro atoms. The monoisotopic (exact) mass is 265 g/mol. The van der Waals surface area contributed by atoms with Crippen molar-refractivity contribution in [3.05, 3.63) is 71.0 Å². The first-order valence-electron chi connectivity index (χ1n) is 5.99. The van der Waals surface area contributed by atoms with Crippen LogP contribution in [0, 0.1) is 17.5 Å². The van der Waals surface area contributed by atoms with E-state index in [4.69, 9.17) is 0 Å². The highest BCUT2D eigenvalue weighted by Crippen LogP contribution is 2.17. The Morgan fingerprint density at radius 2 is 1.74 bits per heavy atom. The van der Waals surface area contributed by atoms with Gasteiger partial charge < -0.3 is 5.32 Å². The van der Waals surface area contributed by atoms with Crippen LogP contribution in [0.5, 0.6) is 0 Å². The lowest BCUT2D eigenvalue weighted by molar-refractivity contribution is 0.511. The highest BCUT2D eigenvalue weighted by molar-refractivity contribution is 5.22. The third-order valence-corrected chi connectivity index (χ3v) is 2.99. The largest absolute Gasteiger partial charge is 0.306 e. The summed E-state index contributed by atoms with van der Waals surface area (Å²) in [6.07, 6.45) is 0. The molecule has 0 aliphatic rings. The second kappa shape index (κ2) is 5.89. The molecule has 4 heteroatoms. The maximum Gasteiger partial charge on any atom is 0.130 e. The minimum atomic E-state index is -0.608. The Kier molecular flexibility index (Phi) is 4.22. The lowest BCUT2D eigenvalue weighted by Gasteiger charge is -2.15. The van der Waals surface area contributed by atoms with Crippen LogP contribution < -0.4 is 5.32 Å². The molecule has 0 aliphatic heterocycles. The van der Waals surface area contributed by atoms with E-state index in [1.807, 2.05) is 0 Å². The van der Waals surface area contributed by atoms with Gasteiger partial charge in [-0.05, 0) is 19.1 Å². The molecule has 2 aromatic rings. The van der Waals surface area contributed by atoms with Gasteiger partial charge in [0.1, 0.15) is 17.5 Å². The fourth-order valence-corrected chi connectivity index (χ4v) is 1.86. The zero-order valence-electron chi connectivity index (χ0n) is 10.5. The predicted molar refractivity (Wildman–Crippen MR) is 68.0 cm³/mol. The van der Waals surface area contributed by atoms with Gasteiger partial charge in [0.2, 0.25) is 0 Å². The van der Waals surface area contributed by atoms with Crippen LogP contribution in [-0.4, -0.2) is 0 Å². The molecule has 1 N–H and O–H groups in total. The summed E-state index contributed by atoms with van der Waals surface area (Å²) >= 11 is 0. The van der Waals surface area contributed by atoms with Gasteiger partial charge >= 0.3 is 0 Å². The van der Waals surface area contributed by atoms with Gasteiger partial charge in [-0.1, -0.05) is 24.3 Å². The summed E-state index contributed by atoms with van der Waals surface area (Å²) in [5.41, 5.74) is 0.870. The maximum atomic E-state index is 13.5. The third kappa shape index (κ3) is 3.35. The van der Waals surface area contributed by atoms with E-state index in [-0.39, 0.29) is 18.4 Å². The number of rotatable bonds is 4. The Bertz CT molecular complexity index is 569. The topological polar surface area (TPSA) is 12.0 Å². The molecule has 19 heavy (non-hydrogen) atoms. The molecule has 100 valence electrons. The van der Waals surface area contributed by atoms with E-state index in [1.165, 1.54) is 18.2 Å². The molecule has 0 unspecified atom stereocenters. The van der Waals surface area contributed by atoms with Crippen molar-refractivity contribution in [2.45, 2.75) is 19.5 Å². The molecule has 1 atom stereocenters. The molecule has 0 bridgehead atoms. The average Bonchev–Trinajstić information content (AvgIpc) is 2.38. The van der Waals surface area contributed by atoms with Crippen molar-refractivity contribution < 1.29 is 13.2 Å². The molecule has 0 aliphatic carbocycles. The smallest absolute Gasteiger partial charge is 0.130 e. The van der Waals surface area contributed by atoms with Crippen molar-refractivity contribution in [2.75, 3.05) is 0 Å². The molecule has 2 rings (SSSR count). The van der Waals surface area contributed by atoms with Gasteiger partial charge in [-0.15, -0.1) is 0 Å². The molecule has 1 nitrogen and oxygen atoms in total. The standard InChI is InChI=1S/C15H14F3N/c1-10(13-4-2-3-5-14(13)17)19-9-11-6-7-12(16)8-15(11)18/h2-8,10,19H,9H2,1H3/t10-/m1/s1. The fourth-order valence-electron chi connectivity index (χ4n) is 1.86. The molecule has 0 amide bonds. The quantitative estimate of drug-likeness (QED) is 0.882. The summed E-state index contributed by atoms with van der Waals surface area (Å²) in [7, 11) is 0.